The molecule has 8 heteroatoms. The number of aromatic nitrogens is 3. The van der Waals surface area contributed by atoms with Gasteiger partial charge in [-0.15, -0.1) is 0 Å². The third kappa shape index (κ3) is 3.85. The molecule has 3 heterocycles. The molecule has 1 saturated heterocycles. The Hall–Kier alpha value is -1.53. The molecule has 4 rings (SSSR count). The van der Waals surface area contributed by atoms with Gasteiger partial charge in [0.05, 0.1) is 0 Å². The largest absolute Gasteiger partial charge is 0.341 e. The van der Waals surface area contributed by atoms with Crippen LogP contribution in [0.4, 0.5) is 5.95 Å². The fourth-order valence-electron chi connectivity index (χ4n) is 3.10. The van der Waals surface area contributed by atoms with Crippen LogP contribution in [0.5, 0.6) is 0 Å². The van der Waals surface area contributed by atoms with E-state index in [0.717, 1.165) is 43.1 Å². The lowest BCUT2D eigenvalue weighted by Crippen LogP contribution is -2.32. The highest BCUT2D eigenvalue weighted by Gasteiger charge is 2.24. The first-order valence-electron chi connectivity index (χ1n) is 8.02. The molecule has 1 aromatic carbocycles. The van der Waals surface area contributed by atoms with Crippen molar-refractivity contribution in [3.05, 3.63) is 51.1 Å². The maximum atomic E-state index is 6.05. The summed E-state index contributed by atoms with van der Waals surface area (Å²) in [6, 6.07) is 9.61. The summed E-state index contributed by atoms with van der Waals surface area (Å²) in [4.78, 5) is 14.3. The number of fused-ring (bicyclic) bond motifs is 1. The van der Waals surface area contributed by atoms with Crippen molar-refractivity contribution in [2.45, 2.75) is 19.0 Å². The monoisotopic (exact) mass is 395 g/mol. The van der Waals surface area contributed by atoms with Crippen LogP contribution < -0.4 is 10.2 Å². The van der Waals surface area contributed by atoms with E-state index >= 15 is 0 Å². The van der Waals surface area contributed by atoms with Crippen LogP contribution in [0, 0.1) is 0 Å². The second kappa shape index (κ2) is 7.00. The predicted octanol–water partition coefficient (Wildman–Crippen LogP) is 4.29. The molecule has 1 aliphatic heterocycles. The number of hydrogen-bond donors (Lipinski definition) is 2. The summed E-state index contributed by atoms with van der Waals surface area (Å²) < 4.78 is 0. The van der Waals surface area contributed by atoms with Crippen LogP contribution in [0.3, 0.4) is 0 Å². The quantitative estimate of drug-likeness (QED) is 0.646. The molecule has 0 amide bonds. The number of nitrogens with zero attached hydrogens (tertiary/aromatic N) is 3. The molecular formula is C17H16Cl3N5. The van der Waals surface area contributed by atoms with Crippen molar-refractivity contribution in [2.24, 2.45) is 0 Å². The lowest BCUT2D eigenvalue weighted by Gasteiger charge is -2.16. The van der Waals surface area contributed by atoms with Gasteiger partial charge < -0.3 is 15.2 Å². The molecule has 0 spiro atoms. The van der Waals surface area contributed by atoms with E-state index in [2.05, 4.69) is 25.2 Å². The first-order chi connectivity index (χ1) is 12.1. The highest BCUT2D eigenvalue weighted by Crippen LogP contribution is 2.22. The van der Waals surface area contributed by atoms with E-state index in [1.54, 1.807) is 12.1 Å². The Morgan fingerprint density at radius 1 is 1.12 bits per heavy atom. The number of aromatic amines is 1. The minimum Gasteiger partial charge on any atom is -0.341 e. The van der Waals surface area contributed by atoms with Crippen molar-refractivity contribution in [3.8, 4) is 0 Å². The molecule has 130 valence electrons. The van der Waals surface area contributed by atoms with Gasteiger partial charge in [-0.3, -0.25) is 0 Å². The molecule has 0 aliphatic carbocycles. The lowest BCUT2D eigenvalue weighted by atomic mass is 10.2. The van der Waals surface area contributed by atoms with Crippen LogP contribution >= 0.6 is 34.8 Å². The van der Waals surface area contributed by atoms with Crippen molar-refractivity contribution in [3.63, 3.8) is 0 Å². The normalized spacial score (nSPS) is 17.6. The summed E-state index contributed by atoms with van der Waals surface area (Å²) in [6.45, 7) is 2.54. The van der Waals surface area contributed by atoms with Crippen molar-refractivity contribution in [2.75, 3.05) is 18.0 Å². The number of anilines is 1. The minimum atomic E-state index is 0.377. The van der Waals surface area contributed by atoms with Crippen molar-refractivity contribution < 1.29 is 0 Å². The van der Waals surface area contributed by atoms with E-state index in [0.29, 0.717) is 26.9 Å². The molecule has 0 bridgehead atoms. The van der Waals surface area contributed by atoms with Crippen molar-refractivity contribution in [1.29, 1.82) is 0 Å². The number of hydrogen-bond acceptors (Lipinski definition) is 4. The Morgan fingerprint density at radius 2 is 1.92 bits per heavy atom. The fraction of sp³-hybridized carbons (Fsp3) is 0.294. The lowest BCUT2D eigenvalue weighted by molar-refractivity contribution is 0.551. The van der Waals surface area contributed by atoms with E-state index in [-0.39, 0.29) is 0 Å². The molecule has 3 aromatic rings. The third-order valence-electron chi connectivity index (χ3n) is 4.30. The van der Waals surface area contributed by atoms with Crippen LogP contribution in [-0.4, -0.2) is 34.1 Å². The number of H-pyrrole nitrogens is 1. The summed E-state index contributed by atoms with van der Waals surface area (Å²) >= 11 is 18.0. The molecule has 0 radical (unpaired) electrons. The van der Waals surface area contributed by atoms with E-state index < -0.39 is 0 Å². The first kappa shape index (κ1) is 16.9. The van der Waals surface area contributed by atoms with Gasteiger partial charge in [0.2, 0.25) is 5.95 Å². The van der Waals surface area contributed by atoms with Gasteiger partial charge in [-0.1, -0.05) is 34.8 Å². The zero-order valence-corrected chi connectivity index (χ0v) is 15.5. The summed E-state index contributed by atoms with van der Waals surface area (Å²) in [6.07, 6.45) is 1.04. The Bertz CT molecular complexity index is 890. The van der Waals surface area contributed by atoms with E-state index in [4.69, 9.17) is 34.8 Å². The summed E-state index contributed by atoms with van der Waals surface area (Å²) in [5, 5.41) is 5.34. The highest BCUT2D eigenvalue weighted by atomic mass is 35.5. The second-order valence-corrected chi connectivity index (χ2v) is 7.41. The molecule has 1 aliphatic rings. The molecule has 2 aromatic heterocycles. The summed E-state index contributed by atoms with van der Waals surface area (Å²) in [5.74, 6) is 0.833. The molecule has 1 fully saturated rings. The molecule has 5 nitrogen and oxygen atoms in total. The third-order valence-corrected chi connectivity index (χ3v) is 4.95. The van der Waals surface area contributed by atoms with Crippen LogP contribution in [0.2, 0.25) is 15.2 Å². The average molecular weight is 397 g/mol. The Kier molecular flexibility index (Phi) is 4.73. The Labute approximate surface area is 160 Å². The van der Waals surface area contributed by atoms with Crippen LogP contribution in [0.1, 0.15) is 12.0 Å². The zero-order chi connectivity index (χ0) is 17.4. The number of nitrogens with one attached hydrogen (secondary N) is 2. The van der Waals surface area contributed by atoms with Gasteiger partial charge in [0.15, 0.2) is 5.65 Å². The number of benzene rings is 1. The van der Waals surface area contributed by atoms with Gasteiger partial charge in [0.1, 0.15) is 10.7 Å². The van der Waals surface area contributed by atoms with Gasteiger partial charge in [-0.25, -0.2) is 9.97 Å². The number of halogens is 3. The van der Waals surface area contributed by atoms with Gasteiger partial charge in [-0.05, 0) is 42.3 Å². The number of rotatable bonds is 4. The first-order valence-corrected chi connectivity index (χ1v) is 9.16. The molecule has 0 unspecified atom stereocenters. The zero-order valence-electron chi connectivity index (χ0n) is 13.3. The number of pyridine rings is 1. The van der Waals surface area contributed by atoms with Gasteiger partial charge in [0.25, 0.3) is 0 Å². The van der Waals surface area contributed by atoms with E-state index in [1.165, 1.54) is 0 Å². The average Bonchev–Trinajstić information content (AvgIpc) is 3.18. The molecule has 25 heavy (non-hydrogen) atoms. The van der Waals surface area contributed by atoms with Crippen LogP contribution in [0.25, 0.3) is 11.2 Å². The standard InChI is InChI=1S/C17H16Cl3N5/c18-11-5-10(6-12(19)7-11)8-21-13-3-4-25(9-13)17-22-14-1-2-15(20)23-16(14)24-17/h1-2,5-7,13,21H,3-4,8-9H2,(H,22,23,24)/t13-/m1/s1. The van der Waals surface area contributed by atoms with Crippen LogP contribution in [-0.2, 0) is 6.54 Å². The highest BCUT2D eigenvalue weighted by molar-refractivity contribution is 6.34. The van der Waals surface area contributed by atoms with E-state index in [1.807, 2.05) is 18.2 Å². The smallest absolute Gasteiger partial charge is 0.205 e. The molecular weight excluding hydrogens is 381 g/mol. The summed E-state index contributed by atoms with van der Waals surface area (Å²) in [5.41, 5.74) is 2.62. The van der Waals surface area contributed by atoms with E-state index in [9.17, 15) is 0 Å². The van der Waals surface area contributed by atoms with Crippen molar-refractivity contribution >= 4 is 51.9 Å². The van der Waals surface area contributed by atoms with Gasteiger partial charge in [-0.2, -0.15) is 0 Å². The topological polar surface area (TPSA) is 56.8 Å². The van der Waals surface area contributed by atoms with Gasteiger partial charge in [0, 0.05) is 35.7 Å². The summed E-state index contributed by atoms with van der Waals surface area (Å²) in [7, 11) is 0. The van der Waals surface area contributed by atoms with Gasteiger partial charge >= 0.3 is 0 Å². The second-order valence-electron chi connectivity index (χ2n) is 6.15. The number of imidazole rings is 1. The minimum absolute atomic E-state index is 0.377. The molecule has 0 saturated carbocycles. The van der Waals surface area contributed by atoms with Crippen molar-refractivity contribution in [1.82, 2.24) is 20.3 Å². The SMILES string of the molecule is Clc1cc(Cl)cc(CN[C@@H]2CCN(c3nc4ccc(Cl)nc4[nH]3)C2)c1. The predicted molar refractivity (Wildman–Crippen MR) is 103 cm³/mol. The molecule has 1 atom stereocenters. The Morgan fingerprint density at radius 3 is 2.72 bits per heavy atom. The fourth-order valence-corrected chi connectivity index (χ4v) is 3.82. The molecule has 2 N–H and O–H groups in total. The maximum Gasteiger partial charge on any atom is 0.205 e. The van der Waals surface area contributed by atoms with Crippen LogP contribution in [0.15, 0.2) is 30.3 Å². The maximum absolute atomic E-state index is 6.05. The Balaban J connectivity index is 1.40.